The molecule has 1 aromatic carbocycles. The van der Waals surface area contributed by atoms with E-state index in [1.54, 1.807) is 12.1 Å². The lowest BCUT2D eigenvalue weighted by Gasteiger charge is -2.14. The van der Waals surface area contributed by atoms with Crippen LogP contribution in [0, 0.1) is 0 Å². The van der Waals surface area contributed by atoms with Gasteiger partial charge in [-0.05, 0) is 12.1 Å². The van der Waals surface area contributed by atoms with Crippen molar-refractivity contribution in [1.82, 2.24) is 4.98 Å². The van der Waals surface area contributed by atoms with Crippen LogP contribution in [0.25, 0.3) is 11.1 Å². The molecule has 0 aliphatic heterocycles. The molecule has 0 saturated heterocycles. The lowest BCUT2D eigenvalue weighted by atomic mass is 10.3. The molecule has 2 rings (SSSR count). The summed E-state index contributed by atoms with van der Waals surface area (Å²) in [5, 5.41) is 2.02. The van der Waals surface area contributed by atoms with E-state index < -0.39 is 18.9 Å². The van der Waals surface area contributed by atoms with E-state index in [0.29, 0.717) is 11.2 Å². The van der Waals surface area contributed by atoms with Crippen LogP contribution in [0.3, 0.4) is 0 Å². The number of aromatic nitrogens is 1. The number of halogens is 4. The Morgan fingerprint density at radius 2 is 2.11 bits per heavy atom. The van der Waals surface area contributed by atoms with Crippen molar-refractivity contribution in [1.29, 1.82) is 0 Å². The number of hydrogen-bond donors (Lipinski definition) is 2. The Morgan fingerprint density at radius 1 is 1.39 bits per heavy atom. The van der Waals surface area contributed by atoms with E-state index in [4.69, 9.17) is 10.2 Å². The van der Waals surface area contributed by atoms with Gasteiger partial charge in [0.05, 0.1) is 12.2 Å². The molecule has 0 atom stereocenters. The number of nitrogens with one attached hydrogen (secondary N) is 1. The van der Waals surface area contributed by atoms with Gasteiger partial charge in [0.15, 0.2) is 5.58 Å². The fraction of sp³-hybridized carbons (Fsp3) is 0.300. The zero-order valence-corrected chi connectivity index (χ0v) is 8.96. The Kier molecular flexibility index (Phi) is 3.02. The molecule has 1 aromatic heterocycles. The Hall–Kier alpha value is -1.99. The summed E-state index contributed by atoms with van der Waals surface area (Å²) in [6.45, 7) is -1.27. The number of benzene rings is 1. The number of nitrogens with two attached hydrogens (primary N) is 1. The van der Waals surface area contributed by atoms with Gasteiger partial charge < -0.3 is 15.5 Å². The molecule has 4 nitrogen and oxygen atoms in total. The molecule has 0 bridgehead atoms. The molecule has 0 unspecified atom stereocenters. The summed E-state index contributed by atoms with van der Waals surface area (Å²) in [7, 11) is 0. The van der Waals surface area contributed by atoms with Gasteiger partial charge in [0, 0.05) is 0 Å². The maximum atomic E-state index is 12.7. The lowest BCUT2D eigenvalue weighted by Crippen LogP contribution is -2.34. The minimum Gasteiger partial charge on any atom is -0.423 e. The van der Waals surface area contributed by atoms with Crippen LogP contribution >= 0.6 is 0 Å². The summed E-state index contributed by atoms with van der Waals surface area (Å²) in [6, 6.07) is 4.42. The Balaban J connectivity index is 2.16. The molecule has 0 fully saturated rings. The first-order chi connectivity index (χ1) is 8.40. The van der Waals surface area contributed by atoms with Crippen LogP contribution in [-0.4, -0.2) is 23.9 Å². The first-order valence-electron chi connectivity index (χ1n) is 4.95. The van der Waals surface area contributed by atoms with Gasteiger partial charge in [0.25, 0.3) is 6.01 Å². The summed E-state index contributed by atoms with van der Waals surface area (Å²) in [5.74, 6) is -4.15. The average Bonchev–Trinajstić information content (AvgIpc) is 2.71. The fourth-order valence-electron chi connectivity index (χ4n) is 1.32. The van der Waals surface area contributed by atoms with Crippen molar-refractivity contribution in [3.05, 3.63) is 18.2 Å². The predicted octanol–water partition coefficient (Wildman–Crippen LogP) is 2.72. The number of anilines is 2. The van der Waals surface area contributed by atoms with E-state index in [9.17, 15) is 17.6 Å². The highest BCUT2D eigenvalue weighted by Gasteiger charge is 2.40. The molecule has 0 spiro atoms. The monoisotopic (exact) mass is 263 g/mol. The topological polar surface area (TPSA) is 64.1 Å². The van der Waals surface area contributed by atoms with E-state index >= 15 is 0 Å². The number of rotatable bonds is 4. The van der Waals surface area contributed by atoms with Crippen LogP contribution in [0.2, 0.25) is 0 Å². The van der Waals surface area contributed by atoms with Gasteiger partial charge in [-0.25, -0.2) is 8.78 Å². The molecule has 0 aliphatic carbocycles. The zero-order chi connectivity index (χ0) is 13.3. The average molecular weight is 263 g/mol. The van der Waals surface area contributed by atoms with Crippen LogP contribution < -0.4 is 11.1 Å². The van der Waals surface area contributed by atoms with E-state index in [0.717, 1.165) is 0 Å². The van der Waals surface area contributed by atoms with Gasteiger partial charge in [-0.2, -0.15) is 13.8 Å². The third-order valence-corrected chi connectivity index (χ3v) is 2.24. The third kappa shape index (κ3) is 2.31. The quantitative estimate of drug-likeness (QED) is 0.657. The number of hydrogen-bond acceptors (Lipinski definition) is 4. The smallest absolute Gasteiger partial charge is 0.324 e. The molecule has 3 N–H and O–H groups in total. The number of nitrogen functional groups attached to an aromatic ring is 1. The molecule has 98 valence electrons. The number of fused-ring (bicyclic) bond motifs is 1. The first kappa shape index (κ1) is 12.5. The van der Waals surface area contributed by atoms with E-state index in [1.807, 2.05) is 5.32 Å². The maximum Gasteiger partial charge on any atom is 0.324 e. The molecular formula is C10H9F4N3O. The highest BCUT2D eigenvalue weighted by atomic mass is 19.3. The minimum absolute atomic E-state index is 0.275. The molecule has 0 aliphatic rings. The summed E-state index contributed by atoms with van der Waals surface area (Å²) < 4.78 is 54.2. The van der Waals surface area contributed by atoms with E-state index in [-0.39, 0.29) is 11.6 Å². The maximum absolute atomic E-state index is 12.7. The van der Waals surface area contributed by atoms with Crippen LogP contribution in [0.5, 0.6) is 0 Å². The SMILES string of the molecule is Nc1cccc2oc(NCC(F)(F)C(F)F)nc12. The Morgan fingerprint density at radius 3 is 2.72 bits per heavy atom. The number of alkyl halides is 4. The van der Waals surface area contributed by atoms with Crippen molar-refractivity contribution in [3.8, 4) is 0 Å². The fourth-order valence-corrected chi connectivity index (χ4v) is 1.32. The highest BCUT2D eigenvalue weighted by molar-refractivity contribution is 5.86. The lowest BCUT2D eigenvalue weighted by molar-refractivity contribution is -0.117. The molecule has 0 saturated carbocycles. The molecule has 8 heteroatoms. The number of nitrogens with zero attached hydrogens (tertiary/aromatic N) is 1. The Labute approximate surface area is 98.8 Å². The van der Waals surface area contributed by atoms with Gasteiger partial charge in [0.1, 0.15) is 5.52 Å². The summed E-state index contributed by atoms with van der Waals surface area (Å²) >= 11 is 0. The molecule has 0 radical (unpaired) electrons. The van der Waals surface area contributed by atoms with Gasteiger partial charge in [-0.15, -0.1) is 0 Å². The second kappa shape index (κ2) is 4.35. The van der Waals surface area contributed by atoms with Crippen LogP contribution in [0.15, 0.2) is 22.6 Å². The zero-order valence-electron chi connectivity index (χ0n) is 8.96. The van der Waals surface area contributed by atoms with E-state index in [2.05, 4.69) is 4.98 Å². The van der Waals surface area contributed by atoms with Gasteiger partial charge >= 0.3 is 12.3 Å². The van der Waals surface area contributed by atoms with Crippen molar-refractivity contribution >= 4 is 22.8 Å². The summed E-state index contributed by atoms with van der Waals surface area (Å²) in [4.78, 5) is 3.79. The predicted molar refractivity (Wildman–Crippen MR) is 57.9 cm³/mol. The molecule has 2 aromatic rings. The first-order valence-corrected chi connectivity index (χ1v) is 4.95. The van der Waals surface area contributed by atoms with Crippen molar-refractivity contribution in [2.45, 2.75) is 12.3 Å². The van der Waals surface area contributed by atoms with Gasteiger partial charge in [-0.3, -0.25) is 0 Å². The second-order valence-corrected chi connectivity index (χ2v) is 3.63. The van der Waals surface area contributed by atoms with Crippen molar-refractivity contribution < 1.29 is 22.0 Å². The summed E-state index contributed by atoms with van der Waals surface area (Å²) in [6.07, 6.45) is -3.75. The minimum atomic E-state index is -4.15. The van der Waals surface area contributed by atoms with Gasteiger partial charge in [0.2, 0.25) is 0 Å². The summed E-state index contributed by atoms with van der Waals surface area (Å²) in [5.41, 5.74) is 6.47. The van der Waals surface area contributed by atoms with Crippen molar-refractivity contribution in [2.24, 2.45) is 0 Å². The molecular weight excluding hydrogens is 254 g/mol. The molecule has 1 heterocycles. The van der Waals surface area contributed by atoms with E-state index in [1.165, 1.54) is 6.07 Å². The van der Waals surface area contributed by atoms with Crippen LogP contribution in [-0.2, 0) is 0 Å². The van der Waals surface area contributed by atoms with Crippen LogP contribution in [0.1, 0.15) is 0 Å². The number of para-hydroxylation sites is 1. The largest absolute Gasteiger partial charge is 0.423 e. The molecule has 18 heavy (non-hydrogen) atoms. The van der Waals surface area contributed by atoms with Gasteiger partial charge in [-0.1, -0.05) is 6.07 Å². The van der Waals surface area contributed by atoms with Crippen molar-refractivity contribution in [3.63, 3.8) is 0 Å². The highest BCUT2D eigenvalue weighted by Crippen LogP contribution is 2.26. The van der Waals surface area contributed by atoms with Crippen LogP contribution in [0.4, 0.5) is 29.3 Å². The number of oxazole rings is 1. The second-order valence-electron chi connectivity index (χ2n) is 3.63. The van der Waals surface area contributed by atoms with Crippen molar-refractivity contribution in [2.75, 3.05) is 17.6 Å². The normalized spacial score (nSPS) is 12.3. The molecule has 0 amide bonds. The third-order valence-electron chi connectivity index (χ3n) is 2.24. The standard InChI is InChI=1S/C10H9F4N3O/c11-8(12)10(13,14)4-16-9-17-7-5(15)2-1-3-6(7)18-9/h1-3,8H,4,15H2,(H,16,17). The Bertz CT molecular complexity index is 555.